The molecule has 0 saturated heterocycles. The molecule has 2 heteroatoms. The molecular formula is C7H5BrZr+2. The van der Waals surface area contributed by atoms with E-state index in [1.807, 2.05) is 12.1 Å². The van der Waals surface area contributed by atoms with Gasteiger partial charge < -0.3 is 0 Å². The Kier molecular flexibility index (Phi) is 3.01. The third-order valence-electron chi connectivity index (χ3n) is 1.02. The topological polar surface area (TPSA) is 0 Å². The molecule has 0 heterocycles. The van der Waals surface area contributed by atoms with E-state index in [2.05, 4.69) is 31.8 Å². The van der Waals surface area contributed by atoms with Crippen molar-refractivity contribution in [3.05, 3.63) is 34.3 Å². The maximum atomic E-state index is 3.39. The normalized spacial score (nSPS) is 9.22. The van der Waals surface area contributed by atoms with Gasteiger partial charge in [0.15, 0.2) is 0 Å². The molecule has 0 radical (unpaired) electrons. The maximum absolute atomic E-state index is 3.39. The van der Waals surface area contributed by atoms with Gasteiger partial charge in [0.1, 0.15) is 0 Å². The fourth-order valence-corrected chi connectivity index (χ4v) is 1.45. The van der Waals surface area contributed by atoms with Crippen LogP contribution >= 0.6 is 15.9 Å². The van der Waals surface area contributed by atoms with Gasteiger partial charge in [0.25, 0.3) is 0 Å². The van der Waals surface area contributed by atoms with E-state index in [0.29, 0.717) is 0 Å². The van der Waals surface area contributed by atoms with E-state index in [1.165, 1.54) is 29.8 Å². The second-order valence-electron chi connectivity index (χ2n) is 1.70. The first-order valence-electron chi connectivity index (χ1n) is 2.59. The van der Waals surface area contributed by atoms with E-state index in [1.54, 1.807) is 0 Å². The molecule has 0 nitrogen and oxygen atoms in total. The van der Waals surface area contributed by atoms with Crippen LogP contribution in [0.2, 0.25) is 0 Å². The summed E-state index contributed by atoms with van der Waals surface area (Å²) >= 11 is 4.84. The van der Waals surface area contributed by atoms with Gasteiger partial charge in [0.05, 0.1) is 0 Å². The third kappa shape index (κ3) is 2.27. The van der Waals surface area contributed by atoms with Crippen LogP contribution in [0.4, 0.5) is 0 Å². The molecule has 0 atom stereocenters. The molecule has 0 N–H and O–H groups in total. The van der Waals surface area contributed by atoms with E-state index < -0.39 is 0 Å². The van der Waals surface area contributed by atoms with Crippen LogP contribution in [0.3, 0.4) is 0 Å². The Bertz CT molecular complexity index is 220. The van der Waals surface area contributed by atoms with Gasteiger partial charge in [-0.3, -0.25) is 0 Å². The average Bonchev–Trinajstić information content (AvgIpc) is 1.88. The molecule has 9 heavy (non-hydrogen) atoms. The first kappa shape index (κ1) is 7.56. The van der Waals surface area contributed by atoms with Gasteiger partial charge in [0, 0.05) is 0 Å². The molecule has 0 fully saturated rings. The summed E-state index contributed by atoms with van der Waals surface area (Å²) in [6, 6.07) is 8.27. The van der Waals surface area contributed by atoms with E-state index in [0.717, 1.165) is 4.47 Å². The predicted octanol–water partition coefficient (Wildman–Crippen LogP) is 2.15. The number of benzene rings is 1. The number of hydrogen-bond acceptors (Lipinski definition) is 0. The summed E-state index contributed by atoms with van der Waals surface area (Å²) in [6.45, 7) is 0. The van der Waals surface area contributed by atoms with Crippen LogP contribution in [0.25, 0.3) is 0 Å². The minimum atomic E-state index is 1.15. The van der Waals surface area contributed by atoms with Crippen LogP contribution in [0.15, 0.2) is 28.7 Å². The van der Waals surface area contributed by atoms with Crippen molar-refractivity contribution in [3.63, 3.8) is 0 Å². The Hall–Kier alpha value is 0.453. The average molecular weight is 260 g/mol. The first-order chi connectivity index (χ1) is 4.33. The van der Waals surface area contributed by atoms with Gasteiger partial charge in [-0.2, -0.15) is 0 Å². The van der Waals surface area contributed by atoms with Crippen molar-refractivity contribution in [2.75, 3.05) is 0 Å². The minimum absolute atomic E-state index is 1.15. The van der Waals surface area contributed by atoms with Crippen molar-refractivity contribution in [3.8, 4) is 0 Å². The van der Waals surface area contributed by atoms with Crippen LogP contribution in [0.1, 0.15) is 5.56 Å². The van der Waals surface area contributed by atoms with Crippen LogP contribution in [-0.4, -0.2) is 3.71 Å². The van der Waals surface area contributed by atoms with Gasteiger partial charge in [-0.25, -0.2) is 0 Å². The van der Waals surface area contributed by atoms with Crippen LogP contribution in [-0.2, 0) is 24.2 Å². The third-order valence-corrected chi connectivity index (χ3v) is 2.33. The molecule has 0 amide bonds. The Morgan fingerprint density at radius 1 is 1.44 bits per heavy atom. The van der Waals surface area contributed by atoms with E-state index in [9.17, 15) is 0 Å². The summed E-state index contributed by atoms with van der Waals surface area (Å²) < 4.78 is 3.32. The summed E-state index contributed by atoms with van der Waals surface area (Å²) in [6.07, 6.45) is 0. The van der Waals surface area contributed by atoms with Gasteiger partial charge in [-0.1, -0.05) is 0 Å². The van der Waals surface area contributed by atoms with Crippen molar-refractivity contribution in [1.29, 1.82) is 0 Å². The molecule has 0 aromatic heterocycles. The van der Waals surface area contributed by atoms with Crippen molar-refractivity contribution < 1.29 is 24.2 Å². The Labute approximate surface area is 77.7 Å². The van der Waals surface area contributed by atoms with Crippen LogP contribution < -0.4 is 0 Å². The second-order valence-corrected chi connectivity index (χ2v) is 3.32. The van der Waals surface area contributed by atoms with Crippen molar-refractivity contribution in [1.82, 2.24) is 0 Å². The van der Waals surface area contributed by atoms with Gasteiger partial charge in [-0.15, -0.1) is 0 Å². The van der Waals surface area contributed by atoms with Gasteiger partial charge in [-0.05, 0) is 0 Å². The molecule has 42 valence electrons. The van der Waals surface area contributed by atoms with Crippen LogP contribution in [0.5, 0.6) is 0 Å². The second kappa shape index (κ2) is 3.58. The van der Waals surface area contributed by atoms with Gasteiger partial charge >= 0.3 is 78.2 Å². The molecule has 0 unspecified atom stereocenters. The van der Waals surface area contributed by atoms with Gasteiger partial charge in [0.2, 0.25) is 0 Å². The Balaban J connectivity index is 3.07. The standard InChI is InChI=1S/C7H5Br.Zr/c1-6-3-2-4-7(8)5-6;/h1-5H;/q;+2. The van der Waals surface area contributed by atoms with Crippen LogP contribution in [0, 0.1) is 0 Å². The quantitative estimate of drug-likeness (QED) is 0.726. The zero-order valence-electron chi connectivity index (χ0n) is 4.76. The fraction of sp³-hybridized carbons (Fsp3) is 0. The molecule has 0 aliphatic heterocycles. The number of rotatable bonds is 1. The van der Waals surface area contributed by atoms with Crippen molar-refractivity contribution in [2.45, 2.75) is 0 Å². The van der Waals surface area contributed by atoms with E-state index >= 15 is 0 Å². The van der Waals surface area contributed by atoms with E-state index in [4.69, 9.17) is 0 Å². The number of hydrogen-bond donors (Lipinski definition) is 0. The Morgan fingerprint density at radius 3 is 2.67 bits per heavy atom. The molecular weight excluding hydrogens is 255 g/mol. The zero-order valence-corrected chi connectivity index (χ0v) is 8.81. The molecule has 0 aliphatic rings. The molecule has 0 aliphatic carbocycles. The molecule has 1 aromatic rings. The summed E-state index contributed by atoms with van der Waals surface area (Å²) in [5.74, 6) is 0. The van der Waals surface area contributed by atoms with Crippen molar-refractivity contribution >= 4 is 19.6 Å². The molecule has 0 bridgehead atoms. The molecule has 0 spiro atoms. The fourth-order valence-electron chi connectivity index (χ4n) is 0.596. The molecule has 1 aromatic carbocycles. The van der Waals surface area contributed by atoms with Crippen molar-refractivity contribution in [2.24, 2.45) is 0 Å². The molecule has 1 rings (SSSR count). The SMILES string of the molecule is Brc1cccc([CH]=[Zr+2])c1. The summed E-state index contributed by atoms with van der Waals surface area (Å²) in [5.41, 5.74) is 1.29. The summed E-state index contributed by atoms with van der Waals surface area (Å²) in [7, 11) is 0. The molecule has 0 saturated carbocycles. The number of halogens is 1. The summed E-state index contributed by atoms with van der Waals surface area (Å²) in [4.78, 5) is 0. The monoisotopic (exact) mass is 258 g/mol. The predicted molar refractivity (Wildman–Crippen MR) is 39.3 cm³/mol. The van der Waals surface area contributed by atoms with E-state index in [-0.39, 0.29) is 0 Å². The Morgan fingerprint density at radius 2 is 2.22 bits per heavy atom. The first-order valence-corrected chi connectivity index (χ1v) is 4.80. The zero-order chi connectivity index (χ0) is 6.69. The summed E-state index contributed by atoms with van der Waals surface area (Å²) in [5, 5.41) is 0.